The van der Waals surface area contributed by atoms with Crippen LogP contribution in [0.4, 0.5) is 4.79 Å². The molecule has 0 unspecified atom stereocenters. The number of hydrogen-bond donors (Lipinski definition) is 3. The summed E-state index contributed by atoms with van der Waals surface area (Å²) in [6.45, 7) is 9.94. The topological polar surface area (TPSA) is 97.5 Å². The minimum absolute atomic E-state index is 0.00243. The molecule has 1 heterocycles. The number of nitrogens with zero attached hydrogens (tertiary/aromatic N) is 2. The first-order chi connectivity index (χ1) is 14.0. The number of urea groups is 1. The van der Waals surface area contributed by atoms with Crippen molar-refractivity contribution >= 4 is 34.6 Å². The number of carbonyl (C=O) groups excluding carboxylic acids is 2. The third-order valence-corrected chi connectivity index (χ3v) is 5.61. The number of thioether (sulfide) groups is 1. The molecule has 29 heavy (non-hydrogen) atoms. The smallest absolute Gasteiger partial charge is 0.321 e. The van der Waals surface area contributed by atoms with E-state index in [0.29, 0.717) is 29.1 Å². The summed E-state index contributed by atoms with van der Waals surface area (Å²) in [5.41, 5.74) is 0.498. The van der Waals surface area contributed by atoms with Gasteiger partial charge in [-0.2, -0.15) is 0 Å². The molecule has 2 aromatic rings. The Morgan fingerprint density at radius 3 is 2.59 bits per heavy atom. The summed E-state index contributed by atoms with van der Waals surface area (Å²) in [5, 5.41) is 5.95. The van der Waals surface area contributed by atoms with Crippen molar-refractivity contribution in [1.29, 1.82) is 0 Å². The summed E-state index contributed by atoms with van der Waals surface area (Å²) in [6.07, 6.45) is 0.790. The van der Waals surface area contributed by atoms with E-state index in [9.17, 15) is 14.4 Å². The maximum Gasteiger partial charge on any atom is 0.321 e. The van der Waals surface area contributed by atoms with Gasteiger partial charge in [-0.15, -0.1) is 0 Å². The Balaban J connectivity index is 2.19. The van der Waals surface area contributed by atoms with Crippen LogP contribution < -0.4 is 21.1 Å². The van der Waals surface area contributed by atoms with E-state index in [1.165, 1.54) is 16.7 Å². The standard InChI is InChI=1S/C20H29N5O3S/c1-4-11-21-19(28)23-17(26)14-29-20-22-16-10-8-7-9-15(16)18(27)25(20)13-12-24(5-2)6-3/h7-10H,4-6,11-14H2,1-3H3,(H2,21,23,26,28)/p+1. The van der Waals surface area contributed by atoms with Gasteiger partial charge < -0.3 is 10.2 Å². The van der Waals surface area contributed by atoms with Crippen LogP contribution >= 0.6 is 11.8 Å². The fourth-order valence-corrected chi connectivity index (χ4v) is 3.73. The molecule has 0 radical (unpaired) electrons. The first-order valence-electron chi connectivity index (χ1n) is 10.0. The third kappa shape index (κ3) is 6.57. The Kier molecular flexibility index (Phi) is 9.14. The lowest BCUT2D eigenvalue weighted by molar-refractivity contribution is -0.897. The van der Waals surface area contributed by atoms with Crippen LogP contribution in [-0.4, -0.2) is 53.4 Å². The van der Waals surface area contributed by atoms with E-state index in [-0.39, 0.29) is 11.3 Å². The van der Waals surface area contributed by atoms with Crippen molar-refractivity contribution < 1.29 is 14.5 Å². The second kappa shape index (κ2) is 11.6. The molecule has 0 aliphatic heterocycles. The van der Waals surface area contributed by atoms with Crippen molar-refractivity contribution in [3.05, 3.63) is 34.6 Å². The molecule has 0 saturated heterocycles. The average molecular weight is 421 g/mol. The van der Waals surface area contributed by atoms with Crippen molar-refractivity contribution in [2.45, 2.75) is 38.9 Å². The molecule has 0 spiro atoms. The first kappa shape index (κ1) is 22.9. The van der Waals surface area contributed by atoms with Crippen molar-refractivity contribution in [2.24, 2.45) is 0 Å². The highest BCUT2D eigenvalue weighted by atomic mass is 32.2. The third-order valence-electron chi connectivity index (χ3n) is 4.64. The minimum atomic E-state index is -0.508. The van der Waals surface area contributed by atoms with Crippen molar-refractivity contribution in [3.8, 4) is 0 Å². The predicted octanol–water partition coefficient (Wildman–Crippen LogP) is 0.649. The maximum atomic E-state index is 13.0. The van der Waals surface area contributed by atoms with E-state index in [1.54, 1.807) is 16.7 Å². The molecule has 0 atom stereocenters. The van der Waals surface area contributed by atoms with Crippen LogP contribution in [0.1, 0.15) is 27.2 Å². The van der Waals surface area contributed by atoms with E-state index in [0.717, 1.165) is 26.1 Å². The average Bonchev–Trinajstić information content (AvgIpc) is 2.73. The van der Waals surface area contributed by atoms with Gasteiger partial charge >= 0.3 is 6.03 Å². The van der Waals surface area contributed by atoms with Gasteiger partial charge in [-0.3, -0.25) is 19.5 Å². The fourth-order valence-electron chi connectivity index (χ4n) is 2.90. The van der Waals surface area contributed by atoms with Crippen LogP contribution in [0.25, 0.3) is 10.9 Å². The van der Waals surface area contributed by atoms with E-state index in [1.807, 2.05) is 19.1 Å². The maximum absolute atomic E-state index is 13.0. The van der Waals surface area contributed by atoms with Gasteiger partial charge in [-0.05, 0) is 32.4 Å². The van der Waals surface area contributed by atoms with Gasteiger partial charge in [-0.25, -0.2) is 9.78 Å². The summed E-state index contributed by atoms with van der Waals surface area (Å²) in [5.74, 6) is -0.422. The summed E-state index contributed by atoms with van der Waals surface area (Å²) < 4.78 is 1.64. The Morgan fingerprint density at radius 2 is 1.90 bits per heavy atom. The summed E-state index contributed by atoms with van der Waals surface area (Å²) in [4.78, 5) is 42.7. The summed E-state index contributed by atoms with van der Waals surface area (Å²) in [7, 11) is 0. The lowest BCUT2D eigenvalue weighted by atomic mass is 10.2. The summed E-state index contributed by atoms with van der Waals surface area (Å²) >= 11 is 1.17. The number of likely N-dealkylation sites (N-methyl/N-ethyl adjacent to an activating group) is 1. The number of quaternary nitrogens is 1. The number of benzene rings is 1. The minimum Gasteiger partial charge on any atom is -0.338 e. The molecule has 1 aromatic carbocycles. The van der Waals surface area contributed by atoms with Crippen LogP contribution in [0, 0.1) is 0 Å². The molecular formula is C20H30N5O3S+. The predicted molar refractivity (Wildman–Crippen MR) is 115 cm³/mol. The van der Waals surface area contributed by atoms with Crippen molar-refractivity contribution in [2.75, 3.05) is 31.9 Å². The molecule has 9 heteroatoms. The zero-order valence-electron chi connectivity index (χ0n) is 17.3. The Hall–Kier alpha value is -2.39. The van der Waals surface area contributed by atoms with Crippen LogP contribution in [-0.2, 0) is 11.3 Å². The molecule has 0 bridgehead atoms. The zero-order valence-corrected chi connectivity index (χ0v) is 18.1. The quantitative estimate of drug-likeness (QED) is 0.387. The number of aromatic nitrogens is 2. The number of nitrogens with one attached hydrogen (secondary N) is 3. The van der Waals surface area contributed by atoms with Gasteiger partial charge in [0.25, 0.3) is 5.56 Å². The second-order valence-electron chi connectivity index (χ2n) is 6.67. The Morgan fingerprint density at radius 1 is 1.17 bits per heavy atom. The van der Waals surface area contributed by atoms with E-state index < -0.39 is 11.9 Å². The van der Waals surface area contributed by atoms with E-state index >= 15 is 0 Å². The van der Waals surface area contributed by atoms with Gasteiger partial charge in [0.15, 0.2) is 5.16 Å². The number of hydrogen-bond acceptors (Lipinski definition) is 5. The molecule has 3 N–H and O–H groups in total. The number of para-hydroxylation sites is 1. The monoisotopic (exact) mass is 420 g/mol. The Labute approximate surface area is 175 Å². The van der Waals surface area contributed by atoms with Crippen LogP contribution in [0.5, 0.6) is 0 Å². The normalized spacial score (nSPS) is 11.0. The SMILES string of the molecule is CCCNC(=O)NC(=O)CSc1nc2ccccc2c(=O)n1CC[NH+](CC)CC. The van der Waals surface area contributed by atoms with E-state index in [4.69, 9.17) is 0 Å². The fraction of sp³-hybridized carbons (Fsp3) is 0.500. The molecule has 0 aliphatic carbocycles. The van der Waals surface area contributed by atoms with Gasteiger partial charge in [0, 0.05) is 6.54 Å². The molecule has 0 saturated carbocycles. The number of amides is 3. The van der Waals surface area contributed by atoms with Crippen molar-refractivity contribution in [3.63, 3.8) is 0 Å². The molecule has 3 amide bonds. The molecule has 0 fully saturated rings. The summed E-state index contributed by atoms with van der Waals surface area (Å²) in [6, 6.07) is 6.70. The second-order valence-corrected chi connectivity index (χ2v) is 7.61. The molecule has 2 rings (SSSR count). The molecule has 1 aromatic heterocycles. The van der Waals surface area contributed by atoms with Crippen LogP contribution in [0.3, 0.4) is 0 Å². The van der Waals surface area contributed by atoms with Gasteiger partial charge in [0.2, 0.25) is 5.91 Å². The highest BCUT2D eigenvalue weighted by molar-refractivity contribution is 7.99. The number of fused-ring (bicyclic) bond motifs is 1. The molecule has 0 aliphatic rings. The van der Waals surface area contributed by atoms with Crippen LogP contribution in [0.2, 0.25) is 0 Å². The highest BCUT2D eigenvalue weighted by Crippen LogP contribution is 2.17. The molecule has 158 valence electrons. The van der Waals surface area contributed by atoms with E-state index in [2.05, 4.69) is 29.5 Å². The highest BCUT2D eigenvalue weighted by Gasteiger charge is 2.15. The molecular weight excluding hydrogens is 390 g/mol. The largest absolute Gasteiger partial charge is 0.338 e. The van der Waals surface area contributed by atoms with Gasteiger partial charge in [-0.1, -0.05) is 30.8 Å². The number of carbonyl (C=O) groups is 2. The number of imide groups is 1. The molecule has 8 nitrogen and oxygen atoms in total. The first-order valence-corrected chi connectivity index (χ1v) is 11.0. The van der Waals surface area contributed by atoms with Gasteiger partial charge in [0.05, 0.1) is 42.8 Å². The van der Waals surface area contributed by atoms with Crippen molar-refractivity contribution in [1.82, 2.24) is 20.2 Å². The lowest BCUT2D eigenvalue weighted by Crippen LogP contribution is -3.11. The van der Waals surface area contributed by atoms with Crippen LogP contribution in [0.15, 0.2) is 34.2 Å². The van der Waals surface area contributed by atoms with Gasteiger partial charge in [0.1, 0.15) is 0 Å². The number of rotatable bonds is 10. The zero-order chi connectivity index (χ0) is 21.2. The Bertz CT molecular complexity index is 895. The lowest BCUT2D eigenvalue weighted by Gasteiger charge is -2.18.